The second kappa shape index (κ2) is 5.95. The molecule has 1 aromatic carbocycles. The number of carbonyl (C=O) groups is 2. The summed E-state index contributed by atoms with van der Waals surface area (Å²) in [5.74, 6) is -2.77. The van der Waals surface area contributed by atoms with Crippen LogP contribution < -0.4 is 0 Å². The van der Waals surface area contributed by atoms with Crippen molar-refractivity contribution in [1.82, 2.24) is 0 Å². The maximum Gasteiger partial charge on any atom is 0.379 e. The summed E-state index contributed by atoms with van der Waals surface area (Å²) in [7, 11) is 0. The fraction of sp³-hybridized carbons (Fsp3) is 0.231. The van der Waals surface area contributed by atoms with Crippen LogP contribution >= 0.6 is 0 Å². The molecule has 0 heterocycles. The molecule has 1 N–H and O–H groups in total. The summed E-state index contributed by atoms with van der Waals surface area (Å²) in [5.41, 5.74) is 0.117. The molecule has 18 heavy (non-hydrogen) atoms. The fourth-order valence-corrected chi connectivity index (χ4v) is 1.28. The summed E-state index contributed by atoms with van der Waals surface area (Å²) in [6.45, 7) is 2.96. The number of hydrogen-bond acceptors (Lipinski definition) is 4. The van der Waals surface area contributed by atoms with E-state index in [1.165, 1.54) is 19.1 Å². The lowest BCUT2D eigenvalue weighted by atomic mass is 10.1. The Labute approximate surface area is 104 Å². The van der Waals surface area contributed by atoms with Gasteiger partial charge in [0, 0.05) is 11.1 Å². The van der Waals surface area contributed by atoms with Crippen molar-refractivity contribution in [2.75, 3.05) is 6.61 Å². The third-order valence-electron chi connectivity index (χ3n) is 2.27. The van der Waals surface area contributed by atoms with Gasteiger partial charge in [0.25, 0.3) is 5.78 Å². The molecule has 96 valence electrons. The molecule has 0 saturated carbocycles. The van der Waals surface area contributed by atoms with Crippen LogP contribution in [0.1, 0.15) is 19.4 Å². The highest BCUT2D eigenvalue weighted by Gasteiger charge is 2.20. The van der Waals surface area contributed by atoms with E-state index < -0.39 is 17.6 Å². The molecule has 0 atom stereocenters. The topological polar surface area (TPSA) is 63.6 Å². The van der Waals surface area contributed by atoms with Crippen molar-refractivity contribution in [3.8, 4) is 0 Å². The summed E-state index contributed by atoms with van der Waals surface area (Å²) < 4.78 is 17.2. The minimum Gasteiger partial charge on any atom is -0.507 e. The number of halogens is 1. The predicted molar refractivity (Wildman–Crippen MR) is 63.3 cm³/mol. The van der Waals surface area contributed by atoms with Gasteiger partial charge in [-0.2, -0.15) is 0 Å². The average molecular weight is 252 g/mol. The Hall–Kier alpha value is -2.17. The second-order valence-electron chi connectivity index (χ2n) is 3.53. The number of Topliss-reactive ketones (excluding diaryl/α,β-unsaturated/α-hetero) is 1. The molecule has 0 fully saturated rings. The molecular formula is C13H13FO4. The van der Waals surface area contributed by atoms with Gasteiger partial charge in [-0.05, 0) is 38.1 Å². The first kappa shape index (κ1) is 13.9. The van der Waals surface area contributed by atoms with Gasteiger partial charge >= 0.3 is 5.97 Å². The first-order chi connectivity index (χ1) is 8.47. The van der Waals surface area contributed by atoms with Gasteiger partial charge in [0.2, 0.25) is 0 Å². The molecule has 0 unspecified atom stereocenters. The van der Waals surface area contributed by atoms with E-state index in [0.717, 1.165) is 12.1 Å². The zero-order chi connectivity index (χ0) is 13.7. The van der Waals surface area contributed by atoms with E-state index >= 15 is 0 Å². The number of hydrogen-bond donors (Lipinski definition) is 1. The van der Waals surface area contributed by atoms with Crippen molar-refractivity contribution in [3.63, 3.8) is 0 Å². The van der Waals surface area contributed by atoms with Crippen LogP contribution in [0.4, 0.5) is 4.39 Å². The largest absolute Gasteiger partial charge is 0.507 e. The van der Waals surface area contributed by atoms with Gasteiger partial charge in [-0.25, -0.2) is 9.18 Å². The monoisotopic (exact) mass is 252 g/mol. The molecule has 4 nitrogen and oxygen atoms in total. The quantitative estimate of drug-likeness (QED) is 0.386. The predicted octanol–water partition coefficient (Wildman–Crippen LogP) is 2.25. The van der Waals surface area contributed by atoms with Crippen LogP contribution in [-0.4, -0.2) is 23.5 Å². The van der Waals surface area contributed by atoms with Crippen LogP contribution in [0.2, 0.25) is 0 Å². The number of ketones is 1. The normalized spacial score (nSPS) is 11.7. The lowest BCUT2D eigenvalue weighted by Crippen LogP contribution is -2.19. The summed E-state index contributed by atoms with van der Waals surface area (Å²) in [4.78, 5) is 22.7. The zero-order valence-corrected chi connectivity index (χ0v) is 10.1. The van der Waals surface area contributed by atoms with Gasteiger partial charge in [-0.3, -0.25) is 4.79 Å². The summed E-state index contributed by atoms with van der Waals surface area (Å²) in [5, 5.41) is 9.80. The number of aliphatic hydroxyl groups is 1. The lowest BCUT2D eigenvalue weighted by Gasteiger charge is -2.05. The van der Waals surface area contributed by atoms with Crippen molar-refractivity contribution in [2.24, 2.45) is 0 Å². The molecule has 0 radical (unpaired) electrons. The molecule has 0 aliphatic heterocycles. The Bertz CT molecular complexity index is 488. The van der Waals surface area contributed by atoms with Gasteiger partial charge in [0.1, 0.15) is 11.6 Å². The molecule has 5 heteroatoms. The molecule has 1 rings (SSSR count). The number of benzene rings is 1. The Morgan fingerprint density at radius 1 is 1.28 bits per heavy atom. The Morgan fingerprint density at radius 3 is 2.33 bits per heavy atom. The molecule has 0 saturated heterocycles. The van der Waals surface area contributed by atoms with E-state index in [1.54, 1.807) is 6.92 Å². The molecule has 0 aromatic heterocycles. The molecule has 0 aliphatic rings. The zero-order valence-electron chi connectivity index (χ0n) is 10.1. The SMILES string of the molecule is CCOC(=O)C(=O)C(C)=C(O)c1ccc(F)cc1. The fourth-order valence-electron chi connectivity index (χ4n) is 1.28. The van der Waals surface area contributed by atoms with Crippen LogP contribution in [-0.2, 0) is 14.3 Å². The van der Waals surface area contributed by atoms with Crippen LogP contribution in [0, 0.1) is 5.82 Å². The highest BCUT2D eigenvalue weighted by Crippen LogP contribution is 2.17. The van der Waals surface area contributed by atoms with E-state index in [0.29, 0.717) is 0 Å². The van der Waals surface area contributed by atoms with E-state index in [4.69, 9.17) is 0 Å². The van der Waals surface area contributed by atoms with Crippen molar-refractivity contribution in [2.45, 2.75) is 13.8 Å². The lowest BCUT2D eigenvalue weighted by molar-refractivity contribution is -0.151. The van der Waals surface area contributed by atoms with Gasteiger partial charge in [0.15, 0.2) is 0 Å². The summed E-state index contributed by atoms with van der Waals surface area (Å²) in [6, 6.07) is 4.92. The molecule has 0 spiro atoms. The first-order valence-corrected chi connectivity index (χ1v) is 5.34. The van der Waals surface area contributed by atoms with Crippen molar-refractivity contribution < 1.29 is 23.8 Å². The second-order valence-corrected chi connectivity index (χ2v) is 3.53. The van der Waals surface area contributed by atoms with E-state index in [1.807, 2.05) is 0 Å². The average Bonchev–Trinajstić information content (AvgIpc) is 2.37. The minimum atomic E-state index is -1.02. The van der Waals surface area contributed by atoms with Gasteiger partial charge in [0.05, 0.1) is 6.61 Å². The molecule has 0 aliphatic carbocycles. The Balaban J connectivity index is 3.01. The number of rotatable bonds is 4. The van der Waals surface area contributed by atoms with Gasteiger partial charge in [-0.15, -0.1) is 0 Å². The third kappa shape index (κ3) is 3.16. The number of aliphatic hydroxyl groups excluding tert-OH is 1. The molecule has 1 aromatic rings. The minimum absolute atomic E-state index is 0.0785. The van der Waals surface area contributed by atoms with Crippen molar-refractivity contribution >= 4 is 17.5 Å². The molecular weight excluding hydrogens is 239 g/mol. The van der Waals surface area contributed by atoms with Crippen molar-refractivity contribution in [3.05, 3.63) is 41.2 Å². The maximum atomic E-state index is 12.7. The van der Waals surface area contributed by atoms with Gasteiger partial charge in [-0.1, -0.05) is 0 Å². The third-order valence-corrected chi connectivity index (χ3v) is 2.27. The Morgan fingerprint density at radius 2 is 1.83 bits per heavy atom. The van der Waals surface area contributed by atoms with E-state index in [-0.39, 0.29) is 23.5 Å². The smallest absolute Gasteiger partial charge is 0.379 e. The molecule has 0 bridgehead atoms. The van der Waals surface area contributed by atoms with Crippen molar-refractivity contribution in [1.29, 1.82) is 0 Å². The first-order valence-electron chi connectivity index (χ1n) is 5.34. The van der Waals surface area contributed by atoms with E-state index in [9.17, 15) is 19.1 Å². The van der Waals surface area contributed by atoms with E-state index in [2.05, 4.69) is 4.74 Å². The maximum absolute atomic E-state index is 12.7. The highest BCUT2D eigenvalue weighted by molar-refractivity contribution is 6.41. The standard InChI is InChI=1S/C13H13FO4/c1-3-18-13(17)12(16)8(2)11(15)9-4-6-10(14)7-5-9/h4-7,15H,3H2,1-2H3. The molecule has 0 amide bonds. The van der Waals surface area contributed by atoms with Crippen LogP contribution in [0.3, 0.4) is 0 Å². The van der Waals surface area contributed by atoms with Crippen LogP contribution in [0.25, 0.3) is 5.76 Å². The number of esters is 1. The van der Waals surface area contributed by atoms with Crippen LogP contribution in [0.15, 0.2) is 29.8 Å². The number of carbonyl (C=O) groups excluding carboxylic acids is 2. The van der Waals surface area contributed by atoms with Gasteiger partial charge < -0.3 is 9.84 Å². The number of ether oxygens (including phenoxy) is 1. The Kier molecular flexibility index (Phi) is 4.59. The van der Waals surface area contributed by atoms with Crippen LogP contribution in [0.5, 0.6) is 0 Å². The summed E-state index contributed by atoms with van der Waals surface area (Å²) >= 11 is 0. The summed E-state index contributed by atoms with van der Waals surface area (Å²) in [6.07, 6.45) is 0. The highest BCUT2D eigenvalue weighted by atomic mass is 19.1.